The van der Waals surface area contributed by atoms with Crippen LogP contribution in [0.1, 0.15) is 19.4 Å². The summed E-state index contributed by atoms with van der Waals surface area (Å²) >= 11 is 5.86. The first-order chi connectivity index (χ1) is 9.11. The van der Waals surface area contributed by atoms with Gasteiger partial charge >= 0.3 is 0 Å². The van der Waals surface area contributed by atoms with Gasteiger partial charge in [0.15, 0.2) is 0 Å². The van der Waals surface area contributed by atoms with Crippen LogP contribution < -0.4 is 5.56 Å². The van der Waals surface area contributed by atoms with Crippen LogP contribution in [0.2, 0.25) is 0 Å². The van der Waals surface area contributed by atoms with Gasteiger partial charge < -0.3 is 0 Å². The minimum absolute atomic E-state index is 0.0941. The molecule has 0 atom stereocenters. The molecule has 1 aromatic carbocycles. The Hall–Kier alpha value is -1.61. The molecule has 0 saturated heterocycles. The molecule has 0 fully saturated rings. The van der Waals surface area contributed by atoms with E-state index in [9.17, 15) is 4.79 Å². The highest BCUT2D eigenvalue weighted by Crippen LogP contribution is 2.16. The van der Waals surface area contributed by atoms with Crippen molar-refractivity contribution in [1.82, 2.24) is 9.78 Å². The van der Waals surface area contributed by atoms with Crippen molar-refractivity contribution in [3.8, 4) is 11.3 Å². The number of aromatic nitrogens is 2. The standard InChI is InChI=1S/C15H17ClN2O/c1-11(2)10-18-15(19)13(9-16)8-14(17-18)12-6-4-3-5-7-12/h3-8,11H,9-10H2,1-2H3. The number of rotatable bonds is 4. The third kappa shape index (κ3) is 3.24. The van der Waals surface area contributed by atoms with E-state index < -0.39 is 0 Å². The molecule has 0 unspecified atom stereocenters. The molecule has 0 aliphatic rings. The van der Waals surface area contributed by atoms with Gasteiger partial charge in [-0.25, -0.2) is 4.68 Å². The Kier molecular flexibility index (Phi) is 4.38. The summed E-state index contributed by atoms with van der Waals surface area (Å²) in [5, 5.41) is 4.44. The zero-order valence-electron chi connectivity index (χ0n) is 11.1. The lowest BCUT2D eigenvalue weighted by molar-refractivity contribution is 0.463. The summed E-state index contributed by atoms with van der Waals surface area (Å²) in [6.07, 6.45) is 0. The smallest absolute Gasteiger partial charge is 0.267 e. The quantitative estimate of drug-likeness (QED) is 0.803. The third-order valence-corrected chi connectivity index (χ3v) is 3.09. The molecule has 0 spiro atoms. The largest absolute Gasteiger partial charge is 0.271 e. The molecule has 2 aromatic rings. The Bertz CT molecular complexity index is 605. The fourth-order valence-corrected chi connectivity index (χ4v) is 2.10. The number of alkyl halides is 1. The van der Waals surface area contributed by atoms with Crippen LogP contribution >= 0.6 is 11.6 Å². The fourth-order valence-electron chi connectivity index (χ4n) is 1.91. The van der Waals surface area contributed by atoms with Crippen LogP contribution in [0, 0.1) is 5.92 Å². The zero-order chi connectivity index (χ0) is 13.8. The zero-order valence-corrected chi connectivity index (χ0v) is 11.9. The van der Waals surface area contributed by atoms with Crippen LogP contribution in [0.3, 0.4) is 0 Å². The normalized spacial score (nSPS) is 10.9. The average molecular weight is 277 g/mol. The predicted octanol–water partition coefficient (Wildman–Crippen LogP) is 3.31. The first kappa shape index (κ1) is 13.8. The molecule has 1 heterocycles. The Morgan fingerprint density at radius 3 is 2.53 bits per heavy atom. The first-order valence-electron chi connectivity index (χ1n) is 6.34. The van der Waals surface area contributed by atoms with Crippen LogP contribution in [-0.4, -0.2) is 9.78 Å². The molecule has 4 heteroatoms. The van der Waals surface area contributed by atoms with Crippen LogP contribution in [0.25, 0.3) is 11.3 Å². The first-order valence-corrected chi connectivity index (χ1v) is 6.87. The highest BCUT2D eigenvalue weighted by molar-refractivity contribution is 6.17. The van der Waals surface area contributed by atoms with Gasteiger partial charge in [0.2, 0.25) is 0 Å². The van der Waals surface area contributed by atoms with E-state index in [1.807, 2.05) is 30.3 Å². The average Bonchev–Trinajstić information content (AvgIpc) is 2.41. The summed E-state index contributed by atoms with van der Waals surface area (Å²) in [7, 11) is 0. The summed E-state index contributed by atoms with van der Waals surface area (Å²) in [4.78, 5) is 12.1. The molecule has 19 heavy (non-hydrogen) atoms. The van der Waals surface area contributed by atoms with Crippen LogP contribution in [0.4, 0.5) is 0 Å². The van der Waals surface area contributed by atoms with E-state index in [-0.39, 0.29) is 11.4 Å². The number of nitrogens with zero attached hydrogens (tertiary/aromatic N) is 2. The number of hydrogen-bond donors (Lipinski definition) is 0. The SMILES string of the molecule is CC(C)Cn1nc(-c2ccccc2)cc(CCl)c1=O. The third-order valence-electron chi connectivity index (χ3n) is 2.80. The van der Waals surface area contributed by atoms with Crippen molar-refractivity contribution in [3.63, 3.8) is 0 Å². The second-order valence-corrected chi connectivity index (χ2v) is 5.20. The van der Waals surface area contributed by atoms with Gasteiger partial charge in [0.05, 0.1) is 11.6 Å². The molecule has 0 aliphatic carbocycles. The molecule has 0 aliphatic heterocycles. The summed E-state index contributed by atoms with van der Waals surface area (Å²) in [6, 6.07) is 11.6. The molecule has 0 bridgehead atoms. The van der Waals surface area contributed by atoms with Crippen LogP contribution in [-0.2, 0) is 12.4 Å². The Labute approximate surface area is 117 Å². The van der Waals surface area contributed by atoms with Gasteiger partial charge in [-0.1, -0.05) is 44.2 Å². The van der Waals surface area contributed by atoms with Crippen molar-refractivity contribution in [1.29, 1.82) is 0 Å². The molecule has 0 N–H and O–H groups in total. The Morgan fingerprint density at radius 1 is 1.26 bits per heavy atom. The molecule has 0 radical (unpaired) electrons. The van der Waals surface area contributed by atoms with Crippen molar-refractivity contribution < 1.29 is 0 Å². The summed E-state index contributed by atoms with van der Waals surface area (Å²) in [5.74, 6) is 0.568. The lowest BCUT2D eigenvalue weighted by Gasteiger charge is -2.11. The van der Waals surface area contributed by atoms with Gasteiger partial charge in [-0.3, -0.25) is 4.79 Å². The lowest BCUT2D eigenvalue weighted by Crippen LogP contribution is -2.28. The maximum atomic E-state index is 12.1. The predicted molar refractivity (Wildman–Crippen MR) is 78.3 cm³/mol. The van der Waals surface area contributed by atoms with Crippen LogP contribution in [0.5, 0.6) is 0 Å². The van der Waals surface area contributed by atoms with E-state index >= 15 is 0 Å². The van der Waals surface area contributed by atoms with Gasteiger partial charge in [0.1, 0.15) is 0 Å². The highest BCUT2D eigenvalue weighted by atomic mass is 35.5. The molecular weight excluding hydrogens is 260 g/mol. The van der Waals surface area contributed by atoms with E-state index in [0.717, 1.165) is 11.3 Å². The van der Waals surface area contributed by atoms with E-state index in [1.54, 1.807) is 6.07 Å². The van der Waals surface area contributed by atoms with E-state index in [2.05, 4.69) is 18.9 Å². The van der Waals surface area contributed by atoms with E-state index in [0.29, 0.717) is 18.0 Å². The van der Waals surface area contributed by atoms with Gasteiger partial charge in [0, 0.05) is 17.7 Å². The maximum absolute atomic E-state index is 12.1. The monoisotopic (exact) mass is 276 g/mol. The van der Waals surface area contributed by atoms with Gasteiger partial charge in [-0.15, -0.1) is 11.6 Å². The number of halogens is 1. The molecular formula is C15H17ClN2O. The Morgan fingerprint density at radius 2 is 1.95 bits per heavy atom. The second-order valence-electron chi connectivity index (χ2n) is 4.94. The topological polar surface area (TPSA) is 34.9 Å². The number of hydrogen-bond acceptors (Lipinski definition) is 2. The Balaban J connectivity index is 2.54. The highest BCUT2D eigenvalue weighted by Gasteiger charge is 2.10. The fraction of sp³-hybridized carbons (Fsp3) is 0.333. The molecule has 1 aromatic heterocycles. The molecule has 2 rings (SSSR count). The molecule has 0 saturated carbocycles. The summed E-state index contributed by atoms with van der Waals surface area (Å²) < 4.78 is 1.52. The van der Waals surface area contributed by atoms with Crippen LogP contribution in [0.15, 0.2) is 41.2 Å². The van der Waals surface area contributed by atoms with Gasteiger partial charge in [-0.2, -0.15) is 5.10 Å². The van der Waals surface area contributed by atoms with Crippen molar-refractivity contribution in [2.45, 2.75) is 26.3 Å². The van der Waals surface area contributed by atoms with Crippen molar-refractivity contribution >= 4 is 11.6 Å². The van der Waals surface area contributed by atoms with Crippen molar-refractivity contribution in [2.24, 2.45) is 5.92 Å². The number of benzene rings is 1. The summed E-state index contributed by atoms with van der Waals surface area (Å²) in [6.45, 7) is 4.72. The van der Waals surface area contributed by atoms with Gasteiger partial charge in [0.25, 0.3) is 5.56 Å². The summed E-state index contributed by atoms with van der Waals surface area (Å²) in [5.41, 5.74) is 2.28. The molecule has 100 valence electrons. The van der Waals surface area contributed by atoms with E-state index in [1.165, 1.54) is 4.68 Å². The van der Waals surface area contributed by atoms with Gasteiger partial charge in [-0.05, 0) is 12.0 Å². The van der Waals surface area contributed by atoms with Crippen molar-refractivity contribution in [3.05, 3.63) is 52.3 Å². The lowest BCUT2D eigenvalue weighted by atomic mass is 10.1. The van der Waals surface area contributed by atoms with Crippen molar-refractivity contribution in [2.75, 3.05) is 0 Å². The molecule has 3 nitrogen and oxygen atoms in total. The van der Waals surface area contributed by atoms with E-state index in [4.69, 9.17) is 11.6 Å². The molecule has 0 amide bonds. The minimum atomic E-state index is -0.0941. The maximum Gasteiger partial charge on any atom is 0.271 e. The minimum Gasteiger partial charge on any atom is -0.267 e. The second kappa shape index (κ2) is 6.02.